The van der Waals surface area contributed by atoms with Gasteiger partial charge in [0.2, 0.25) is 0 Å². The first-order valence-electron chi connectivity index (χ1n) is 8.36. The van der Waals surface area contributed by atoms with Crippen LogP contribution in [0.3, 0.4) is 0 Å². The molecule has 0 aromatic heterocycles. The second kappa shape index (κ2) is 5.82. The summed E-state index contributed by atoms with van der Waals surface area (Å²) in [5.41, 5.74) is 3.68. The van der Waals surface area contributed by atoms with Crippen LogP contribution >= 0.6 is 0 Å². The van der Waals surface area contributed by atoms with Gasteiger partial charge < -0.3 is 0 Å². The van der Waals surface area contributed by atoms with Crippen LogP contribution in [0.25, 0.3) is 0 Å². The predicted octanol–water partition coefficient (Wildman–Crippen LogP) is 0.123. The summed E-state index contributed by atoms with van der Waals surface area (Å²) in [4.78, 5) is 0. The van der Waals surface area contributed by atoms with Gasteiger partial charge in [0.15, 0.2) is 0 Å². The van der Waals surface area contributed by atoms with Gasteiger partial charge in [0.1, 0.15) is 31.4 Å². The Hall–Kier alpha value is -0.455. The van der Waals surface area contributed by atoms with Crippen LogP contribution in [0.2, 0.25) is 0 Å². The van der Waals surface area contributed by atoms with Crippen molar-refractivity contribution < 1.29 is 0 Å². The second-order valence-electron chi connectivity index (χ2n) is 8.98. The minimum atomic E-state index is -0.553. The van der Waals surface area contributed by atoms with Crippen LogP contribution < -0.4 is 21.9 Å². The molecule has 0 unspecified atom stereocenters. The molecule has 1 fully saturated rings. The molecule has 0 amide bonds. The fourth-order valence-electron chi connectivity index (χ4n) is 3.80. The Morgan fingerprint density at radius 3 is 1.48 bits per heavy atom. The predicted molar refractivity (Wildman–Crippen MR) is 106 cm³/mol. The van der Waals surface area contributed by atoms with Crippen molar-refractivity contribution in [3.63, 3.8) is 0 Å². The molecular formula is C18H23B5. The molecule has 0 bridgehead atoms. The van der Waals surface area contributed by atoms with E-state index in [0.717, 1.165) is 36.8 Å². The van der Waals surface area contributed by atoms with E-state index >= 15 is 0 Å². The van der Waals surface area contributed by atoms with Crippen LogP contribution in [-0.4, -0.2) is 39.2 Å². The highest BCUT2D eigenvalue weighted by Crippen LogP contribution is 2.43. The van der Waals surface area contributed by atoms with Crippen molar-refractivity contribution in [2.24, 2.45) is 5.41 Å². The summed E-state index contributed by atoms with van der Waals surface area (Å²) >= 11 is 0. The van der Waals surface area contributed by atoms with Crippen LogP contribution in [-0.2, 0) is 10.7 Å². The van der Waals surface area contributed by atoms with Gasteiger partial charge in [-0.1, -0.05) is 58.6 Å². The van der Waals surface area contributed by atoms with E-state index in [9.17, 15) is 0 Å². The number of benzene rings is 1. The van der Waals surface area contributed by atoms with E-state index < -0.39 is 5.31 Å². The molecule has 0 N–H and O–H groups in total. The third-order valence-corrected chi connectivity index (χ3v) is 5.40. The van der Waals surface area contributed by atoms with Crippen molar-refractivity contribution >= 4 is 61.1 Å². The third kappa shape index (κ3) is 3.35. The molecule has 10 radical (unpaired) electrons. The maximum absolute atomic E-state index is 6.73. The summed E-state index contributed by atoms with van der Waals surface area (Å²) in [5.74, 6) is 0. The standard InChI is InChI=1S/C18H23B5/c1-16(2,3)10-12(19)14(21)11(15(22)13(10)20)18(23)8-6-17(4,5)7-9-18/h6-9H2,1-5H3. The molecule has 0 aliphatic heterocycles. The first kappa shape index (κ1) is 18.9. The Kier molecular flexibility index (Phi) is 4.77. The highest BCUT2D eigenvalue weighted by atomic mass is 14.4. The topological polar surface area (TPSA) is 0 Å². The normalized spacial score (nSPS) is 20.4. The molecule has 0 heterocycles. The second-order valence-corrected chi connectivity index (χ2v) is 8.98. The largest absolute Gasteiger partial charge is 0.113 e. The van der Waals surface area contributed by atoms with E-state index in [2.05, 4.69) is 34.6 Å². The summed E-state index contributed by atoms with van der Waals surface area (Å²) in [6, 6.07) is 0. The van der Waals surface area contributed by atoms with Crippen molar-refractivity contribution in [1.82, 2.24) is 0 Å². The lowest BCUT2D eigenvalue weighted by atomic mass is 9.47. The fourth-order valence-corrected chi connectivity index (χ4v) is 3.80. The SMILES string of the molecule is [B]c1c([B])c(C2([B])CCC(C)(C)CC2)c([B])c([B])c1C(C)(C)C. The molecule has 1 aromatic carbocycles. The first-order valence-corrected chi connectivity index (χ1v) is 8.36. The Morgan fingerprint density at radius 2 is 1.13 bits per heavy atom. The van der Waals surface area contributed by atoms with Crippen molar-refractivity contribution in [1.29, 1.82) is 0 Å². The maximum atomic E-state index is 6.73. The summed E-state index contributed by atoms with van der Waals surface area (Å²) in [5, 5.41) is -0.553. The average molecular weight is 293 g/mol. The Morgan fingerprint density at radius 1 is 0.739 bits per heavy atom. The fraction of sp³-hybridized carbons (Fsp3) is 0.667. The smallest absolute Gasteiger partial charge is 0.101 e. The van der Waals surface area contributed by atoms with Gasteiger partial charge in [0.05, 0.1) is 7.85 Å². The van der Waals surface area contributed by atoms with Gasteiger partial charge in [0, 0.05) is 0 Å². The molecule has 5 heteroatoms. The van der Waals surface area contributed by atoms with E-state index in [1.54, 1.807) is 0 Å². The monoisotopic (exact) mass is 294 g/mol. The van der Waals surface area contributed by atoms with Gasteiger partial charge in [-0.25, -0.2) is 0 Å². The van der Waals surface area contributed by atoms with Gasteiger partial charge in [-0.05, 0) is 29.0 Å². The van der Waals surface area contributed by atoms with Gasteiger partial charge in [-0.3, -0.25) is 0 Å². The van der Waals surface area contributed by atoms with Gasteiger partial charge in [-0.15, -0.1) is 21.9 Å². The molecule has 23 heavy (non-hydrogen) atoms. The quantitative estimate of drug-likeness (QED) is 0.646. The molecule has 2 rings (SSSR count). The van der Waals surface area contributed by atoms with E-state index in [-0.39, 0.29) is 5.41 Å². The van der Waals surface area contributed by atoms with Crippen LogP contribution in [0.15, 0.2) is 0 Å². The zero-order chi connectivity index (χ0) is 17.8. The van der Waals surface area contributed by atoms with E-state index in [4.69, 9.17) is 39.2 Å². The van der Waals surface area contributed by atoms with Crippen molar-refractivity contribution in [3.8, 4) is 0 Å². The lowest BCUT2D eigenvalue weighted by Gasteiger charge is -2.45. The summed E-state index contributed by atoms with van der Waals surface area (Å²) < 4.78 is 0. The molecule has 0 atom stereocenters. The van der Waals surface area contributed by atoms with Crippen LogP contribution in [0.5, 0.6) is 0 Å². The lowest BCUT2D eigenvalue weighted by molar-refractivity contribution is 0.207. The minimum Gasteiger partial charge on any atom is -0.101 e. The zero-order valence-electron chi connectivity index (χ0n) is 15.2. The summed E-state index contributed by atoms with van der Waals surface area (Å²) in [7, 11) is 32.2. The Balaban J connectivity index is 2.62. The van der Waals surface area contributed by atoms with Crippen LogP contribution in [0, 0.1) is 5.41 Å². The summed E-state index contributed by atoms with van der Waals surface area (Å²) in [6.07, 6.45) is 3.73. The van der Waals surface area contributed by atoms with Crippen molar-refractivity contribution in [2.75, 3.05) is 0 Å². The van der Waals surface area contributed by atoms with Gasteiger partial charge in [-0.2, -0.15) is 0 Å². The molecule has 110 valence electrons. The molecule has 1 aromatic rings. The highest BCUT2D eigenvalue weighted by molar-refractivity contribution is 6.58. The Labute approximate surface area is 149 Å². The zero-order valence-corrected chi connectivity index (χ0v) is 15.2. The van der Waals surface area contributed by atoms with Crippen molar-refractivity contribution in [3.05, 3.63) is 11.1 Å². The number of hydrogen-bond acceptors (Lipinski definition) is 0. The Bertz CT molecular complexity index is 586. The first-order chi connectivity index (χ1) is 10.3. The summed E-state index contributed by atoms with van der Waals surface area (Å²) in [6.45, 7) is 10.7. The van der Waals surface area contributed by atoms with Gasteiger partial charge in [0.25, 0.3) is 0 Å². The molecular weight excluding hydrogens is 270 g/mol. The lowest BCUT2D eigenvalue weighted by Crippen LogP contribution is -2.55. The van der Waals surface area contributed by atoms with Crippen LogP contribution in [0.1, 0.15) is 71.4 Å². The highest BCUT2D eigenvalue weighted by Gasteiger charge is 2.38. The molecule has 0 nitrogen and oxygen atoms in total. The number of hydrogen-bond donors (Lipinski definition) is 0. The van der Waals surface area contributed by atoms with E-state index in [1.165, 1.54) is 0 Å². The molecule has 1 saturated carbocycles. The molecule has 0 saturated heterocycles. The third-order valence-electron chi connectivity index (χ3n) is 5.40. The maximum Gasteiger partial charge on any atom is 0.113 e. The average Bonchev–Trinajstić information content (AvgIpc) is 2.39. The van der Waals surface area contributed by atoms with E-state index in [1.807, 2.05) is 0 Å². The molecule has 0 spiro atoms. The van der Waals surface area contributed by atoms with Gasteiger partial charge >= 0.3 is 0 Å². The molecule has 1 aliphatic carbocycles. The van der Waals surface area contributed by atoms with Crippen LogP contribution in [0.4, 0.5) is 0 Å². The molecule has 1 aliphatic rings. The number of rotatable bonds is 1. The minimum absolute atomic E-state index is 0.231. The van der Waals surface area contributed by atoms with Crippen molar-refractivity contribution in [2.45, 2.75) is 71.0 Å². The van der Waals surface area contributed by atoms with E-state index in [0.29, 0.717) is 27.3 Å².